The lowest BCUT2D eigenvalue weighted by molar-refractivity contribution is 0.101. The van der Waals surface area contributed by atoms with E-state index in [1.165, 1.54) is 0 Å². The van der Waals surface area contributed by atoms with Crippen LogP contribution in [0.5, 0.6) is 0 Å². The lowest BCUT2D eigenvalue weighted by atomic mass is 10.1. The fraction of sp³-hybridized carbons (Fsp3) is 0.200. The summed E-state index contributed by atoms with van der Waals surface area (Å²) in [6.07, 6.45) is 3.16. The van der Waals surface area contributed by atoms with Crippen molar-refractivity contribution in [2.24, 2.45) is 7.05 Å². The fourth-order valence-corrected chi connectivity index (χ4v) is 4.48. The molecular formula is C30H31N5O3. The maximum Gasteiger partial charge on any atom is 0.272 e. The van der Waals surface area contributed by atoms with Gasteiger partial charge >= 0.3 is 0 Å². The molecule has 0 aliphatic carbocycles. The van der Waals surface area contributed by atoms with Crippen molar-refractivity contribution in [3.05, 3.63) is 102 Å². The number of carbonyl (C=O) groups excluding carboxylic acids is 2. The number of aliphatic hydroxyl groups is 1. The van der Waals surface area contributed by atoms with Crippen molar-refractivity contribution in [3.8, 4) is 0 Å². The van der Waals surface area contributed by atoms with Crippen LogP contribution in [-0.4, -0.2) is 40.7 Å². The van der Waals surface area contributed by atoms with Gasteiger partial charge in [0.05, 0.1) is 6.10 Å². The van der Waals surface area contributed by atoms with Crippen LogP contribution in [0.25, 0.3) is 0 Å². The Hall–Kier alpha value is -4.56. The topological polar surface area (TPSA) is 98.6 Å². The Bertz CT molecular complexity index is 1390. The van der Waals surface area contributed by atoms with E-state index in [1.54, 1.807) is 10.6 Å². The van der Waals surface area contributed by atoms with Crippen LogP contribution < -0.4 is 20.9 Å². The number of carbonyl (C=O) groups is 2. The van der Waals surface area contributed by atoms with Gasteiger partial charge in [0.25, 0.3) is 11.8 Å². The second-order valence-corrected chi connectivity index (χ2v) is 9.46. The quantitative estimate of drug-likeness (QED) is 0.273. The van der Waals surface area contributed by atoms with Gasteiger partial charge in [-0.1, -0.05) is 0 Å². The number of hydrogen-bond acceptors (Lipinski definition) is 5. The Morgan fingerprint density at radius 1 is 0.737 bits per heavy atom. The highest BCUT2D eigenvalue weighted by atomic mass is 16.3. The van der Waals surface area contributed by atoms with Crippen LogP contribution in [0.1, 0.15) is 33.7 Å². The molecule has 2 amide bonds. The first-order valence-electron chi connectivity index (χ1n) is 12.7. The van der Waals surface area contributed by atoms with Gasteiger partial charge in [-0.2, -0.15) is 0 Å². The van der Waals surface area contributed by atoms with E-state index in [0.717, 1.165) is 43.0 Å². The normalized spacial score (nSPS) is 13.7. The minimum atomic E-state index is -0.210. The third kappa shape index (κ3) is 6.04. The average molecular weight is 510 g/mol. The molecule has 3 aromatic carbocycles. The predicted molar refractivity (Wildman–Crippen MR) is 151 cm³/mol. The number of benzene rings is 3. The second-order valence-electron chi connectivity index (χ2n) is 9.46. The van der Waals surface area contributed by atoms with Crippen LogP contribution in [0.15, 0.2) is 91.1 Å². The van der Waals surface area contributed by atoms with Crippen LogP contribution in [0.2, 0.25) is 0 Å². The highest BCUT2D eigenvalue weighted by molar-refractivity contribution is 6.04. The molecule has 0 spiro atoms. The minimum Gasteiger partial charge on any atom is -0.393 e. The zero-order chi connectivity index (χ0) is 26.5. The summed E-state index contributed by atoms with van der Waals surface area (Å²) >= 11 is 0. The van der Waals surface area contributed by atoms with E-state index in [2.05, 4.69) is 20.9 Å². The number of aryl methyl sites for hydroxylation is 1. The van der Waals surface area contributed by atoms with E-state index in [-0.39, 0.29) is 17.9 Å². The molecule has 8 heteroatoms. The Morgan fingerprint density at radius 2 is 1.26 bits per heavy atom. The number of nitrogens with one attached hydrogen (secondary N) is 3. The predicted octanol–water partition coefficient (Wildman–Crippen LogP) is 5.23. The molecule has 0 atom stereocenters. The molecule has 0 radical (unpaired) electrons. The number of hydrogen-bond donors (Lipinski definition) is 4. The van der Waals surface area contributed by atoms with Crippen molar-refractivity contribution < 1.29 is 14.7 Å². The largest absolute Gasteiger partial charge is 0.393 e. The van der Waals surface area contributed by atoms with Crippen molar-refractivity contribution in [1.29, 1.82) is 0 Å². The van der Waals surface area contributed by atoms with Gasteiger partial charge in [-0.05, 0) is 97.8 Å². The standard InChI is InChI=1S/C30H31N5O3/c1-34-18-2-3-28(34)30(38)33-25-12-8-23(9-13-25)31-22-6-10-24(11-7-22)32-29(37)21-4-14-26(15-5-21)35-19-16-27(36)17-20-35/h2-15,18,27,31,36H,16-17,19-20H2,1H3,(H,32,37)(H,33,38). The van der Waals surface area contributed by atoms with Crippen molar-refractivity contribution in [1.82, 2.24) is 4.57 Å². The van der Waals surface area contributed by atoms with Crippen LogP contribution in [0.4, 0.5) is 28.4 Å². The van der Waals surface area contributed by atoms with Crippen molar-refractivity contribution in [3.63, 3.8) is 0 Å². The summed E-state index contributed by atoms with van der Waals surface area (Å²) in [5.41, 5.74) is 5.41. The molecule has 1 aromatic heterocycles. The number of aliphatic hydroxyl groups excluding tert-OH is 1. The van der Waals surface area contributed by atoms with Crippen molar-refractivity contribution in [2.75, 3.05) is 33.9 Å². The Morgan fingerprint density at radius 3 is 1.79 bits per heavy atom. The van der Waals surface area contributed by atoms with Crippen LogP contribution in [-0.2, 0) is 7.05 Å². The monoisotopic (exact) mass is 509 g/mol. The van der Waals surface area contributed by atoms with Gasteiger partial charge in [0.15, 0.2) is 0 Å². The Labute approximate surface area is 221 Å². The summed E-state index contributed by atoms with van der Waals surface area (Å²) in [5, 5.41) is 18.9. The maximum absolute atomic E-state index is 12.7. The van der Waals surface area contributed by atoms with Crippen molar-refractivity contribution >= 4 is 40.3 Å². The maximum atomic E-state index is 12.7. The lowest BCUT2D eigenvalue weighted by Gasteiger charge is -2.31. The first-order chi connectivity index (χ1) is 18.4. The van der Waals surface area contributed by atoms with Gasteiger partial charge in [-0.25, -0.2) is 0 Å². The lowest BCUT2D eigenvalue weighted by Crippen LogP contribution is -2.35. The fourth-order valence-electron chi connectivity index (χ4n) is 4.48. The van der Waals surface area contributed by atoms with Gasteiger partial charge in [-0.15, -0.1) is 0 Å². The smallest absolute Gasteiger partial charge is 0.272 e. The Balaban J connectivity index is 1.13. The van der Waals surface area contributed by atoms with Crippen molar-refractivity contribution in [2.45, 2.75) is 18.9 Å². The zero-order valence-corrected chi connectivity index (χ0v) is 21.2. The third-order valence-corrected chi connectivity index (χ3v) is 6.71. The molecular weight excluding hydrogens is 478 g/mol. The summed E-state index contributed by atoms with van der Waals surface area (Å²) in [7, 11) is 1.83. The minimum absolute atomic E-state index is 0.158. The van der Waals surface area contributed by atoms with E-state index in [0.29, 0.717) is 22.6 Å². The van der Waals surface area contributed by atoms with Gasteiger partial charge in [0, 0.05) is 60.3 Å². The van der Waals surface area contributed by atoms with Gasteiger partial charge in [-0.3, -0.25) is 9.59 Å². The van der Waals surface area contributed by atoms with Gasteiger partial charge in [0.2, 0.25) is 0 Å². The number of amides is 2. The molecule has 1 aliphatic heterocycles. The molecule has 4 aromatic rings. The summed E-state index contributed by atoms with van der Waals surface area (Å²) in [5.74, 6) is -0.325. The molecule has 2 heterocycles. The number of nitrogens with zero attached hydrogens (tertiary/aromatic N) is 2. The molecule has 1 fully saturated rings. The van der Waals surface area contributed by atoms with E-state index in [9.17, 15) is 14.7 Å². The van der Waals surface area contributed by atoms with Gasteiger partial charge in [0.1, 0.15) is 5.69 Å². The molecule has 0 bridgehead atoms. The molecule has 0 saturated carbocycles. The van der Waals surface area contributed by atoms with E-state index < -0.39 is 0 Å². The average Bonchev–Trinajstić information content (AvgIpc) is 3.37. The van der Waals surface area contributed by atoms with E-state index in [4.69, 9.17) is 0 Å². The Kier molecular flexibility index (Phi) is 7.42. The second kappa shape index (κ2) is 11.2. The molecule has 38 heavy (non-hydrogen) atoms. The van der Waals surface area contributed by atoms with E-state index >= 15 is 0 Å². The molecule has 0 unspecified atom stereocenters. The zero-order valence-electron chi connectivity index (χ0n) is 21.2. The first-order valence-corrected chi connectivity index (χ1v) is 12.7. The van der Waals surface area contributed by atoms with E-state index in [1.807, 2.05) is 92.1 Å². The third-order valence-electron chi connectivity index (χ3n) is 6.71. The van der Waals surface area contributed by atoms with Crippen LogP contribution >= 0.6 is 0 Å². The molecule has 1 saturated heterocycles. The first kappa shape index (κ1) is 25.1. The SMILES string of the molecule is Cn1cccc1C(=O)Nc1ccc(Nc2ccc(NC(=O)c3ccc(N4CCC(O)CC4)cc3)cc2)cc1. The number of rotatable bonds is 7. The highest BCUT2D eigenvalue weighted by Gasteiger charge is 2.17. The van der Waals surface area contributed by atoms with Crippen LogP contribution in [0, 0.1) is 0 Å². The summed E-state index contributed by atoms with van der Waals surface area (Å²) in [6.45, 7) is 1.64. The summed E-state index contributed by atoms with van der Waals surface area (Å²) in [4.78, 5) is 27.3. The summed E-state index contributed by atoms with van der Waals surface area (Å²) < 4.78 is 1.77. The van der Waals surface area contributed by atoms with Crippen LogP contribution in [0.3, 0.4) is 0 Å². The molecule has 5 rings (SSSR count). The molecule has 194 valence electrons. The van der Waals surface area contributed by atoms with Gasteiger partial charge < -0.3 is 30.5 Å². The number of anilines is 5. The molecule has 1 aliphatic rings. The highest BCUT2D eigenvalue weighted by Crippen LogP contribution is 2.23. The number of aromatic nitrogens is 1. The molecule has 8 nitrogen and oxygen atoms in total. The molecule has 4 N–H and O–H groups in total. The summed E-state index contributed by atoms with van der Waals surface area (Å²) in [6, 6.07) is 26.2. The number of piperidine rings is 1.